The van der Waals surface area contributed by atoms with Gasteiger partial charge in [0.1, 0.15) is 0 Å². The van der Waals surface area contributed by atoms with Crippen molar-refractivity contribution in [1.82, 2.24) is 0 Å². The summed E-state index contributed by atoms with van der Waals surface area (Å²) in [6.45, 7) is 5.62. The van der Waals surface area contributed by atoms with Crippen LogP contribution in [0.3, 0.4) is 0 Å². The van der Waals surface area contributed by atoms with Gasteiger partial charge in [0.2, 0.25) is 0 Å². The Balaban J connectivity index is 0. The topological polar surface area (TPSA) is 103 Å². The van der Waals surface area contributed by atoms with Crippen molar-refractivity contribution < 1.29 is 40.9 Å². The molecule has 2 aliphatic heterocycles. The Hall–Kier alpha value is -0.452. The molecule has 2 aliphatic rings. The first-order valence-electron chi connectivity index (χ1n) is 7.28. The molecule has 0 amide bonds. The van der Waals surface area contributed by atoms with E-state index in [1.54, 1.807) is 0 Å². The number of aliphatic carboxylic acids is 2. The number of nitrogens with zero attached hydrogens (tertiary/aromatic N) is 2. The maximum Gasteiger partial charge on any atom is 2.00 e. The van der Waals surface area contributed by atoms with Crippen molar-refractivity contribution in [3.63, 3.8) is 0 Å². The van der Waals surface area contributed by atoms with Crippen molar-refractivity contribution in [1.29, 1.82) is 0 Å². The molecule has 0 aromatic carbocycles. The van der Waals surface area contributed by atoms with E-state index in [-0.39, 0.29) is 21.1 Å². The molecule has 2 rings (SSSR count). The fourth-order valence-electron chi connectivity index (χ4n) is 1.58. The number of carboxylic acids is 2. The molecule has 0 aliphatic carbocycles. The molecule has 0 saturated carbocycles. The van der Waals surface area contributed by atoms with Gasteiger partial charge in [-0.05, 0) is 6.92 Å². The number of rotatable bonds is 2. The van der Waals surface area contributed by atoms with Gasteiger partial charge in [0.25, 0.3) is 0 Å². The molecule has 0 aromatic rings. The van der Waals surface area contributed by atoms with Crippen molar-refractivity contribution in [2.24, 2.45) is 5.92 Å². The van der Waals surface area contributed by atoms with E-state index in [0.29, 0.717) is 0 Å². The van der Waals surface area contributed by atoms with E-state index in [4.69, 9.17) is 10.2 Å². The second-order valence-electron chi connectivity index (χ2n) is 4.86. The van der Waals surface area contributed by atoms with E-state index in [0.717, 1.165) is 33.1 Å². The Kier molecular flexibility index (Phi) is 17.3. The third-order valence-electron chi connectivity index (χ3n) is 3.01. The minimum atomic E-state index is -1.31. The minimum Gasteiger partial charge on any atom is -0.662 e. The summed E-state index contributed by atoms with van der Waals surface area (Å²) in [5.74, 6) is -3.91. The smallest absolute Gasteiger partial charge is 0.662 e. The van der Waals surface area contributed by atoms with Crippen LogP contribution in [0.15, 0.2) is 0 Å². The molecule has 2 heterocycles. The Bertz CT molecular complexity index is 221. The standard InChI is InChI=1S/2C5H10N.C4H6O4.Pt/c2*1-2-4-6-5-3-1;1-2(3(5)6)4(7)8;/h2*1-5H2;2H,1H3,(H,5,6)(H,7,8);/q2*-1;;+2. The van der Waals surface area contributed by atoms with Crippen LogP contribution in [0.5, 0.6) is 0 Å². The first-order chi connectivity index (χ1) is 9.55. The summed E-state index contributed by atoms with van der Waals surface area (Å²) in [4.78, 5) is 19.5. The SMILES string of the molecule is C1CC[N-]CC1.C1CC[N-]CC1.CC(C(=O)O)C(=O)O.[Pt+2]. The fourth-order valence-corrected chi connectivity index (χ4v) is 1.58. The molecular weight excluding hydrogens is 455 g/mol. The van der Waals surface area contributed by atoms with Crippen LogP contribution in [0.4, 0.5) is 0 Å². The molecule has 126 valence electrons. The number of hydrogen-bond acceptors (Lipinski definition) is 2. The van der Waals surface area contributed by atoms with Crippen molar-refractivity contribution >= 4 is 11.9 Å². The summed E-state index contributed by atoms with van der Waals surface area (Å²) in [6.07, 6.45) is 8.15. The Morgan fingerprint density at radius 3 is 1.10 bits per heavy atom. The molecule has 2 fully saturated rings. The van der Waals surface area contributed by atoms with Crippen LogP contribution >= 0.6 is 0 Å². The molecule has 0 aromatic heterocycles. The van der Waals surface area contributed by atoms with Gasteiger partial charge in [-0.3, -0.25) is 9.59 Å². The zero-order valence-corrected chi connectivity index (χ0v) is 14.8. The van der Waals surface area contributed by atoms with Gasteiger partial charge < -0.3 is 20.8 Å². The first-order valence-corrected chi connectivity index (χ1v) is 7.28. The molecule has 2 saturated heterocycles. The maximum absolute atomic E-state index is 9.76. The second kappa shape index (κ2) is 15.9. The van der Waals surface area contributed by atoms with Crippen molar-refractivity contribution in [3.8, 4) is 0 Å². The predicted molar refractivity (Wildman–Crippen MR) is 78.3 cm³/mol. The van der Waals surface area contributed by atoms with E-state index in [1.807, 2.05) is 0 Å². The van der Waals surface area contributed by atoms with Crippen LogP contribution in [0, 0.1) is 5.92 Å². The molecule has 2 N–H and O–H groups in total. The zero-order valence-electron chi connectivity index (χ0n) is 12.6. The molecule has 0 atom stereocenters. The van der Waals surface area contributed by atoms with Gasteiger partial charge in [-0.2, -0.15) is 0 Å². The van der Waals surface area contributed by atoms with E-state index >= 15 is 0 Å². The molecule has 0 spiro atoms. The maximum atomic E-state index is 9.76. The fraction of sp³-hybridized carbons (Fsp3) is 0.857. The van der Waals surface area contributed by atoms with Crippen molar-refractivity contribution in [2.75, 3.05) is 26.2 Å². The summed E-state index contributed by atoms with van der Waals surface area (Å²) in [5, 5.41) is 24.3. The Labute approximate surface area is 141 Å². The second-order valence-corrected chi connectivity index (χ2v) is 4.86. The third kappa shape index (κ3) is 15.8. The van der Waals surface area contributed by atoms with Crippen LogP contribution in [0.2, 0.25) is 0 Å². The molecule has 0 unspecified atom stereocenters. The van der Waals surface area contributed by atoms with Crippen molar-refractivity contribution in [3.05, 3.63) is 10.6 Å². The average Bonchev–Trinajstić information content (AvgIpc) is 2.51. The van der Waals surface area contributed by atoms with Gasteiger partial charge in [-0.25, -0.2) is 0 Å². The predicted octanol–water partition coefficient (Wildman–Crippen LogP) is 2.88. The summed E-state index contributed by atoms with van der Waals surface area (Å²) >= 11 is 0. The molecular formula is C14H26N2O4Pt. The number of carbonyl (C=O) groups is 2. The van der Waals surface area contributed by atoms with Crippen LogP contribution in [-0.2, 0) is 30.7 Å². The van der Waals surface area contributed by atoms with Gasteiger partial charge in [0.15, 0.2) is 5.92 Å². The Morgan fingerprint density at radius 2 is 1.05 bits per heavy atom. The summed E-state index contributed by atoms with van der Waals surface area (Å²) < 4.78 is 0. The summed E-state index contributed by atoms with van der Waals surface area (Å²) in [5.41, 5.74) is 0. The normalized spacial score (nSPS) is 17.2. The quantitative estimate of drug-likeness (QED) is 0.592. The van der Waals surface area contributed by atoms with Gasteiger partial charge in [-0.1, -0.05) is 38.5 Å². The molecule has 7 heteroatoms. The Morgan fingerprint density at radius 1 is 0.762 bits per heavy atom. The summed E-state index contributed by atoms with van der Waals surface area (Å²) in [7, 11) is 0. The summed E-state index contributed by atoms with van der Waals surface area (Å²) in [6, 6.07) is 0. The van der Waals surface area contributed by atoms with Gasteiger partial charge >= 0.3 is 33.0 Å². The van der Waals surface area contributed by atoms with Crippen LogP contribution in [0.25, 0.3) is 10.6 Å². The third-order valence-corrected chi connectivity index (χ3v) is 3.01. The van der Waals surface area contributed by atoms with Crippen LogP contribution in [-0.4, -0.2) is 48.3 Å². The van der Waals surface area contributed by atoms with Crippen LogP contribution < -0.4 is 0 Å². The van der Waals surface area contributed by atoms with Gasteiger partial charge in [0.05, 0.1) is 0 Å². The molecule has 6 nitrogen and oxygen atoms in total. The van der Waals surface area contributed by atoms with Gasteiger partial charge in [-0.15, -0.1) is 26.2 Å². The monoisotopic (exact) mass is 481 g/mol. The average molecular weight is 481 g/mol. The van der Waals surface area contributed by atoms with E-state index in [1.165, 1.54) is 38.5 Å². The molecule has 21 heavy (non-hydrogen) atoms. The van der Waals surface area contributed by atoms with E-state index in [9.17, 15) is 9.59 Å². The number of carboxylic acid groups (broad SMARTS) is 2. The molecule has 0 radical (unpaired) electrons. The van der Waals surface area contributed by atoms with E-state index < -0.39 is 17.9 Å². The van der Waals surface area contributed by atoms with Crippen LogP contribution in [0.1, 0.15) is 45.4 Å². The van der Waals surface area contributed by atoms with E-state index in [2.05, 4.69) is 10.6 Å². The number of piperidine rings is 2. The largest absolute Gasteiger partial charge is 2.00 e. The zero-order chi connectivity index (χ0) is 15.2. The van der Waals surface area contributed by atoms with Gasteiger partial charge in [0, 0.05) is 0 Å². The number of hydrogen-bond donors (Lipinski definition) is 2. The minimum absolute atomic E-state index is 0. The first kappa shape index (κ1) is 22.8. The van der Waals surface area contributed by atoms with Crippen molar-refractivity contribution in [2.45, 2.75) is 45.4 Å². The molecule has 0 bridgehead atoms.